The summed E-state index contributed by atoms with van der Waals surface area (Å²) in [6.07, 6.45) is 2.41. The molecule has 0 bridgehead atoms. The summed E-state index contributed by atoms with van der Waals surface area (Å²) >= 11 is 12.3. The lowest BCUT2D eigenvalue weighted by Gasteiger charge is -2.37. The molecule has 1 amide bonds. The maximum Gasteiger partial charge on any atom is 0.242 e. The van der Waals surface area contributed by atoms with Crippen LogP contribution in [0.1, 0.15) is 5.56 Å². The standard InChI is InChI=1S/C25H26Cl2N4O2/c26-20-16-23(27)25(28-17-20)30-14-12-29(13-15-30)24(33)18-31(21-6-8-22(32)9-7-21)11-10-19-4-2-1-3-5-19/h1-9,16-17,32H,10-15,18H2. The van der Waals surface area contributed by atoms with Crippen molar-refractivity contribution in [3.05, 3.63) is 82.5 Å². The van der Waals surface area contributed by atoms with Crippen LogP contribution in [0.25, 0.3) is 0 Å². The van der Waals surface area contributed by atoms with Crippen LogP contribution in [0.2, 0.25) is 10.0 Å². The molecule has 33 heavy (non-hydrogen) atoms. The monoisotopic (exact) mass is 484 g/mol. The number of piperazine rings is 1. The average Bonchev–Trinajstić information content (AvgIpc) is 2.83. The third-order valence-electron chi connectivity index (χ3n) is 5.77. The van der Waals surface area contributed by atoms with E-state index in [-0.39, 0.29) is 18.2 Å². The maximum atomic E-state index is 13.2. The van der Waals surface area contributed by atoms with Gasteiger partial charge in [0.1, 0.15) is 11.6 Å². The first kappa shape index (κ1) is 23.2. The van der Waals surface area contributed by atoms with E-state index in [1.165, 1.54) is 5.56 Å². The van der Waals surface area contributed by atoms with Gasteiger partial charge in [0, 0.05) is 44.6 Å². The molecule has 0 saturated carbocycles. The minimum atomic E-state index is 0.0750. The highest BCUT2D eigenvalue weighted by Gasteiger charge is 2.24. The third-order valence-corrected chi connectivity index (χ3v) is 6.26. The molecule has 0 radical (unpaired) electrons. The number of aromatic nitrogens is 1. The van der Waals surface area contributed by atoms with Crippen LogP contribution in [0, 0.1) is 0 Å². The minimum absolute atomic E-state index is 0.0750. The van der Waals surface area contributed by atoms with Crippen molar-refractivity contribution in [1.82, 2.24) is 9.88 Å². The maximum absolute atomic E-state index is 13.2. The van der Waals surface area contributed by atoms with E-state index in [0.29, 0.717) is 48.6 Å². The highest BCUT2D eigenvalue weighted by molar-refractivity contribution is 6.36. The Hall–Kier alpha value is -2.96. The number of benzene rings is 2. The van der Waals surface area contributed by atoms with Gasteiger partial charge in [-0.2, -0.15) is 0 Å². The molecular formula is C25H26Cl2N4O2. The first-order valence-electron chi connectivity index (χ1n) is 10.9. The third kappa shape index (κ3) is 6.09. The van der Waals surface area contributed by atoms with E-state index in [1.54, 1.807) is 24.4 Å². The van der Waals surface area contributed by atoms with E-state index in [2.05, 4.69) is 26.9 Å². The molecule has 1 aliphatic heterocycles. The van der Waals surface area contributed by atoms with E-state index in [1.807, 2.05) is 35.2 Å². The van der Waals surface area contributed by atoms with Gasteiger partial charge in [-0.05, 0) is 42.3 Å². The van der Waals surface area contributed by atoms with E-state index in [0.717, 1.165) is 12.1 Å². The second kappa shape index (κ2) is 10.8. The molecule has 8 heteroatoms. The van der Waals surface area contributed by atoms with Crippen molar-refractivity contribution in [3.8, 4) is 5.75 Å². The summed E-state index contributed by atoms with van der Waals surface area (Å²) in [6, 6.07) is 18.9. The van der Waals surface area contributed by atoms with Crippen molar-refractivity contribution in [2.24, 2.45) is 0 Å². The molecule has 172 valence electrons. The number of hydrogen-bond acceptors (Lipinski definition) is 5. The number of halogens is 2. The number of phenols is 1. The van der Waals surface area contributed by atoms with Crippen LogP contribution < -0.4 is 9.80 Å². The van der Waals surface area contributed by atoms with Crippen LogP contribution in [0.3, 0.4) is 0 Å². The largest absolute Gasteiger partial charge is 0.508 e. The minimum Gasteiger partial charge on any atom is -0.508 e. The van der Waals surface area contributed by atoms with Crippen molar-refractivity contribution in [1.29, 1.82) is 0 Å². The number of aromatic hydroxyl groups is 1. The molecule has 1 aliphatic rings. The highest BCUT2D eigenvalue weighted by Crippen LogP contribution is 2.27. The molecule has 0 spiro atoms. The first-order chi connectivity index (χ1) is 16.0. The van der Waals surface area contributed by atoms with Crippen LogP contribution in [-0.4, -0.2) is 60.2 Å². The quantitative estimate of drug-likeness (QED) is 0.535. The molecule has 0 aliphatic carbocycles. The summed E-state index contributed by atoms with van der Waals surface area (Å²) in [5.41, 5.74) is 2.13. The second-order valence-corrected chi connectivity index (χ2v) is 8.84. The lowest BCUT2D eigenvalue weighted by Crippen LogP contribution is -2.51. The van der Waals surface area contributed by atoms with Crippen molar-refractivity contribution >= 4 is 40.6 Å². The van der Waals surface area contributed by atoms with E-state index >= 15 is 0 Å². The number of phenolic OH excluding ortho intramolecular Hbond substituents is 1. The Morgan fingerprint density at radius 2 is 1.70 bits per heavy atom. The van der Waals surface area contributed by atoms with Gasteiger partial charge in [0.15, 0.2) is 0 Å². The van der Waals surface area contributed by atoms with Gasteiger partial charge >= 0.3 is 0 Å². The molecule has 1 N–H and O–H groups in total. The molecule has 6 nitrogen and oxygen atoms in total. The van der Waals surface area contributed by atoms with Crippen LogP contribution in [-0.2, 0) is 11.2 Å². The number of rotatable bonds is 7. The Bertz CT molecular complexity index is 1070. The van der Waals surface area contributed by atoms with E-state index in [9.17, 15) is 9.90 Å². The predicted octanol–water partition coefficient (Wildman–Crippen LogP) is 4.49. The predicted molar refractivity (Wildman–Crippen MR) is 134 cm³/mol. The first-order valence-corrected chi connectivity index (χ1v) is 11.7. The molecule has 0 unspecified atom stereocenters. The smallest absolute Gasteiger partial charge is 0.242 e. The van der Waals surface area contributed by atoms with Crippen LogP contribution >= 0.6 is 23.2 Å². The van der Waals surface area contributed by atoms with Gasteiger partial charge in [0.05, 0.1) is 16.6 Å². The molecule has 1 fully saturated rings. The topological polar surface area (TPSA) is 59.9 Å². The fourth-order valence-corrected chi connectivity index (χ4v) is 4.44. The summed E-state index contributed by atoms with van der Waals surface area (Å²) in [7, 11) is 0. The zero-order chi connectivity index (χ0) is 23.2. The molecule has 4 rings (SSSR count). The highest BCUT2D eigenvalue weighted by atomic mass is 35.5. The fraction of sp³-hybridized carbons (Fsp3) is 0.280. The average molecular weight is 485 g/mol. The van der Waals surface area contributed by atoms with Gasteiger partial charge in [-0.25, -0.2) is 4.98 Å². The van der Waals surface area contributed by atoms with E-state index < -0.39 is 0 Å². The second-order valence-electron chi connectivity index (χ2n) is 8.00. The SMILES string of the molecule is O=C(CN(CCc1ccccc1)c1ccc(O)cc1)N1CCN(c2ncc(Cl)cc2Cl)CC1. The Morgan fingerprint density at radius 1 is 1.00 bits per heavy atom. The summed E-state index contributed by atoms with van der Waals surface area (Å²) < 4.78 is 0. The van der Waals surface area contributed by atoms with Crippen LogP contribution in [0.15, 0.2) is 66.9 Å². The number of nitrogens with zero attached hydrogens (tertiary/aromatic N) is 4. The van der Waals surface area contributed by atoms with E-state index in [4.69, 9.17) is 23.2 Å². The number of carbonyl (C=O) groups is 1. The number of pyridine rings is 1. The van der Waals surface area contributed by atoms with Gasteiger partial charge in [0.2, 0.25) is 5.91 Å². The molecule has 1 aromatic heterocycles. The fourth-order valence-electron chi connectivity index (χ4n) is 3.94. The van der Waals surface area contributed by atoms with Gasteiger partial charge in [-0.15, -0.1) is 0 Å². The molecule has 2 aromatic carbocycles. The van der Waals surface area contributed by atoms with Gasteiger partial charge in [-0.1, -0.05) is 53.5 Å². The summed E-state index contributed by atoms with van der Waals surface area (Å²) in [5.74, 6) is 0.978. The Labute approximate surface area is 204 Å². The Kier molecular flexibility index (Phi) is 7.57. The van der Waals surface area contributed by atoms with Gasteiger partial charge < -0.3 is 19.8 Å². The van der Waals surface area contributed by atoms with Crippen molar-refractivity contribution in [2.75, 3.05) is 49.1 Å². The van der Waals surface area contributed by atoms with Gasteiger partial charge in [-0.3, -0.25) is 4.79 Å². The number of carbonyl (C=O) groups excluding carboxylic acids is 1. The zero-order valence-electron chi connectivity index (χ0n) is 18.2. The van der Waals surface area contributed by atoms with Crippen LogP contribution in [0.4, 0.5) is 11.5 Å². The Morgan fingerprint density at radius 3 is 2.36 bits per heavy atom. The van der Waals surface area contributed by atoms with Crippen LogP contribution in [0.5, 0.6) is 5.75 Å². The van der Waals surface area contributed by atoms with Gasteiger partial charge in [0.25, 0.3) is 0 Å². The molecule has 2 heterocycles. The van der Waals surface area contributed by atoms with Crippen molar-refractivity contribution in [2.45, 2.75) is 6.42 Å². The number of amides is 1. The number of hydrogen-bond donors (Lipinski definition) is 1. The number of anilines is 2. The molecule has 0 atom stereocenters. The lowest BCUT2D eigenvalue weighted by molar-refractivity contribution is -0.130. The molecule has 1 saturated heterocycles. The lowest BCUT2D eigenvalue weighted by atomic mass is 10.1. The van der Waals surface area contributed by atoms with Crippen molar-refractivity contribution in [3.63, 3.8) is 0 Å². The summed E-state index contributed by atoms with van der Waals surface area (Å²) in [6.45, 7) is 3.48. The molecular weight excluding hydrogens is 459 g/mol. The Balaban J connectivity index is 1.39. The summed E-state index contributed by atoms with van der Waals surface area (Å²) in [5, 5.41) is 10.7. The zero-order valence-corrected chi connectivity index (χ0v) is 19.7. The summed E-state index contributed by atoms with van der Waals surface area (Å²) in [4.78, 5) is 23.6. The molecule has 3 aromatic rings. The van der Waals surface area contributed by atoms with Crippen molar-refractivity contribution < 1.29 is 9.90 Å². The normalized spacial score (nSPS) is 13.8.